The van der Waals surface area contributed by atoms with Gasteiger partial charge in [-0.3, -0.25) is 0 Å². The van der Waals surface area contributed by atoms with E-state index in [2.05, 4.69) is 72.6 Å². The van der Waals surface area contributed by atoms with Gasteiger partial charge in [0.1, 0.15) is 5.01 Å². The Balaban J connectivity index is 1.91. The Bertz CT molecular complexity index is 631. The summed E-state index contributed by atoms with van der Waals surface area (Å²) < 4.78 is 0. The Morgan fingerprint density at radius 2 is 1.96 bits per heavy atom. The maximum atomic E-state index is 4.62. The molecule has 0 radical (unpaired) electrons. The van der Waals surface area contributed by atoms with Crippen LogP contribution in [0.4, 0.5) is 0 Å². The molecule has 1 unspecified atom stereocenters. The molecule has 0 spiro atoms. The Labute approximate surface area is 143 Å². The van der Waals surface area contributed by atoms with E-state index < -0.39 is 0 Å². The highest BCUT2D eigenvalue weighted by atomic mass is 32.1. The van der Waals surface area contributed by atoms with Gasteiger partial charge in [-0.15, -0.1) is 11.3 Å². The second kappa shape index (κ2) is 8.67. The average Bonchev–Trinajstić information content (AvgIpc) is 2.96. The van der Waals surface area contributed by atoms with Crippen LogP contribution >= 0.6 is 11.3 Å². The lowest BCUT2D eigenvalue weighted by atomic mass is 10.0. The molecule has 0 saturated heterocycles. The summed E-state index contributed by atoms with van der Waals surface area (Å²) >= 11 is 1.70. The van der Waals surface area contributed by atoms with Crippen LogP contribution in [0.5, 0.6) is 0 Å². The Kier molecular flexibility index (Phi) is 6.59. The van der Waals surface area contributed by atoms with Gasteiger partial charge in [-0.25, -0.2) is 9.98 Å². The van der Waals surface area contributed by atoms with E-state index in [-0.39, 0.29) is 0 Å². The van der Waals surface area contributed by atoms with Crippen molar-refractivity contribution in [3.05, 3.63) is 51.5 Å². The van der Waals surface area contributed by atoms with E-state index in [4.69, 9.17) is 0 Å². The molecule has 2 aromatic rings. The molecular formula is C18H26N4S. The van der Waals surface area contributed by atoms with Gasteiger partial charge in [-0.1, -0.05) is 36.8 Å². The lowest BCUT2D eigenvalue weighted by Gasteiger charge is -2.16. The Hall–Kier alpha value is -1.88. The zero-order valence-electron chi connectivity index (χ0n) is 14.4. The number of nitrogens with one attached hydrogen (secondary N) is 2. The van der Waals surface area contributed by atoms with Gasteiger partial charge in [-0.2, -0.15) is 0 Å². The molecule has 2 N–H and O–H groups in total. The number of thiazole rings is 1. The molecule has 0 aliphatic carbocycles. The van der Waals surface area contributed by atoms with Gasteiger partial charge in [0.05, 0.1) is 6.54 Å². The van der Waals surface area contributed by atoms with E-state index >= 15 is 0 Å². The standard InChI is InChI=1S/C18H26N4S/c1-5-19-18(22-12-17-20-11-15(4)23-17)21-10-14(3)16-8-6-13(2)7-9-16/h6-9,11,14H,5,10,12H2,1-4H3,(H2,19,21,22). The lowest BCUT2D eigenvalue weighted by molar-refractivity contribution is 0.699. The summed E-state index contributed by atoms with van der Waals surface area (Å²) in [6, 6.07) is 8.72. The van der Waals surface area contributed by atoms with E-state index in [9.17, 15) is 0 Å². The van der Waals surface area contributed by atoms with Crippen LogP contribution in [0.15, 0.2) is 35.5 Å². The summed E-state index contributed by atoms with van der Waals surface area (Å²) in [7, 11) is 0. The zero-order valence-corrected chi connectivity index (χ0v) is 15.2. The van der Waals surface area contributed by atoms with Gasteiger partial charge < -0.3 is 10.6 Å². The third-order valence-electron chi connectivity index (χ3n) is 3.61. The van der Waals surface area contributed by atoms with Crippen molar-refractivity contribution in [1.82, 2.24) is 15.6 Å². The smallest absolute Gasteiger partial charge is 0.191 e. The van der Waals surface area contributed by atoms with Crippen molar-refractivity contribution in [3.63, 3.8) is 0 Å². The Morgan fingerprint density at radius 3 is 2.57 bits per heavy atom. The molecular weight excluding hydrogens is 304 g/mol. The molecule has 0 fully saturated rings. The number of nitrogens with zero attached hydrogens (tertiary/aromatic N) is 2. The van der Waals surface area contributed by atoms with Gasteiger partial charge in [0.15, 0.2) is 5.96 Å². The summed E-state index contributed by atoms with van der Waals surface area (Å²) in [6.45, 7) is 10.8. The third kappa shape index (κ3) is 5.67. The molecule has 1 aromatic carbocycles. The average molecular weight is 331 g/mol. The summed E-state index contributed by atoms with van der Waals surface area (Å²) in [5.41, 5.74) is 2.64. The Morgan fingerprint density at radius 1 is 1.22 bits per heavy atom. The first-order valence-corrected chi connectivity index (χ1v) is 8.90. The van der Waals surface area contributed by atoms with Crippen LogP contribution in [0.1, 0.15) is 40.8 Å². The van der Waals surface area contributed by atoms with E-state index in [1.165, 1.54) is 16.0 Å². The fraction of sp³-hybridized carbons (Fsp3) is 0.444. The van der Waals surface area contributed by atoms with Gasteiger partial charge in [0, 0.05) is 24.2 Å². The first-order chi connectivity index (χ1) is 11.1. The summed E-state index contributed by atoms with van der Waals surface area (Å²) in [6.07, 6.45) is 1.90. The molecule has 124 valence electrons. The van der Waals surface area contributed by atoms with E-state index in [1.54, 1.807) is 11.3 Å². The number of rotatable bonds is 6. The van der Waals surface area contributed by atoms with Crippen molar-refractivity contribution >= 4 is 17.3 Å². The monoisotopic (exact) mass is 330 g/mol. The van der Waals surface area contributed by atoms with Crippen molar-refractivity contribution in [2.75, 3.05) is 13.1 Å². The first kappa shape index (κ1) is 17.5. The molecule has 0 bridgehead atoms. The van der Waals surface area contributed by atoms with Crippen molar-refractivity contribution in [1.29, 1.82) is 0 Å². The summed E-state index contributed by atoms with van der Waals surface area (Å²) in [4.78, 5) is 10.2. The quantitative estimate of drug-likeness (QED) is 0.628. The van der Waals surface area contributed by atoms with Crippen LogP contribution in [0.25, 0.3) is 0 Å². The van der Waals surface area contributed by atoms with Crippen LogP contribution in [-0.4, -0.2) is 24.0 Å². The number of hydrogen-bond donors (Lipinski definition) is 2. The number of aryl methyl sites for hydroxylation is 2. The number of guanidine groups is 1. The van der Waals surface area contributed by atoms with Crippen LogP contribution in [0.3, 0.4) is 0 Å². The van der Waals surface area contributed by atoms with E-state index in [0.29, 0.717) is 12.5 Å². The molecule has 2 rings (SSSR count). The van der Waals surface area contributed by atoms with Gasteiger partial charge >= 0.3 is 0 Å². The number of hydrogen-bond acceptors (Lipinski definition) is 3. The van der Waals surface area contributed by atoms with Crippen LogP contribution in [0, 0.1) is 13.8 Å². The highest BCUT2D eigenvalue weighted by Gasteiger charge is 2.07. The summed E-state index contributed by atoms with van der Waals surface area (Å²) in [5.74, 6) is 1.28. The molecule has 0 saturated carbocycles. The second-order valence-electron chi connectivity index (χ2n) is 5.75. The highest BCUT2D eigenvalue weighted by Crippen LogP contribution is 2.15. The first-order valence-electron chi connectivity index (χ1n) is 8.08. The third-order valence-corrected chi connectivity index (χ3v) is 4.51. The number of aromatic nitrogens is 1. The minimum Gasteiger partial charge on any atom is -0.357 e. The minimum absolute atomic E-state index is 0.432. The SMILES string of the molecule is CCNC(=NCc1ncc(C)s1)NCC(C)c1ccc(C)cc1. The molecule has 1 aromatic heterocycles. The van der Waals surface area contributed by atoms with Gasteiger partial charge in [0.2, 0.25) is 0 Å². The predicted molar refractivity (Wildman–Crippen MR) is 99.3 cm³/mol. The predicted octanol–water partition coefficient (Wildman–Crippen LogP) is 3.62. The lowest BCUT2D eigenvalue weighted by Crippen LogP contribution is -2.39. The molecule has 1 atom stereocenters. The van der Waals surface area contributed by atoms with Gasteiger partial charge in [-0.05, 0) is 32.3 Å². The summed E-state index contributed by atoms with van der Waals surface area (Å²) in [5, 5.41) is 7.77. The molecule has 5 heteroatoms. The molecule has 0 aliphatic heterocycles. The van der Waals surface area contributed by atoms with Crippen LogP contribution in [0.2, 0.25) is 0 Å². The van der Waals surface area contributed by atoms with Crippen molar-refractivity contribution in [2.45, 2.75) is 40.2 Å². The van der Waals surface area contributed by atoms with E-state index in [0.717, 1.165) is 24.1 Å². The van der Waals surface area contributed by atoms with Crippen molar-refractivity contribution < 1.29 is 0 Å². The van der Waals surface area contributed by atoms with Crippen molar-refractivity contribution in [2.24, 2.45) is 4.99 Å². The maximum absolute atomic E-state index is 4.62. The molecule has 1 heterocycles. The fourth-order valence-corrected chi connectivity index (χ4v) is 2.94. The van der Waals surface area contributed by atoms with Gasteiger partial charge in [0.25, 0.3) is 0 Å². The maximum Gasteiger partial charge on any atom is 0.191 e. The zero-order chi connectivity index (χ0) is 16.7. The normalized spacial score (nSPS) is 13.0. The van der Waals surface area contributed by atoms with Crippen LogP contribution in [-0.2, 0) is 6.54 Å². The second-order valence-corrected chi connectivity index (χ2v) is 7.07. The molecule has 0 amide bonds. The van der Waals surface area contributed by atoms with E-state index in [1.807, 2.05) is 6.20 Å². The fourth-order valence-electron chi connectivity index (χ4n) is 2.23. The highest BCUT2D eigenvalue weighted by molar-refractivity contribution is 7.11. The molecule has 4 nitrogen and oxygen atoms in total. The molecule has 23 heavy (non-hydrogen) atoms. The minimum atomic E-state index is 0.432. The largest absolute Gasteiger partial charge is 0.357 e. The topological polar surface area (TPSA) is 49.3 Å². The number of benzene rings is 1. The number of aliphatic imine (C=N–C) groups is 1. The molecule has 0 aliphatic rings. The van der Waals surface area contributed by atoms with Crippen LogP contribution < -0.4 is 10.6 Å². The van der Waals surface area contributed by atoms with Crippen molar-refractivity contribution in [3.8, 4) is 0 Å².